The highest BCUT2D eigenvalue weighted by atomic mass is 35.5. The number of halogens is 1. The number of aromatic nitrogens is 2. The minimum absolute atomic E-state index is 0.00689. The molecule has 32 heavy (non-hydrogen) atoms. The van der Waals surface area contributed by atoms with Gasteiger partial charge < -0.3 is 5.32 Å². The Bertz CT molecular complexity index is 1260. The molecule has 0 fully saturated rings. The van der Waals surface area contributed by atoms with E-state index in [1.807, 2.05) is 30.3 Å². The summed E-state index contributed by atoms with van der Waals surface area (Å²) in [5.41, 5.74) is 4.79. The Morgan fingerprint density at radius 3 is 2.47 bits per heavy atom. The highest BCUT2D eigenvalue weighted by Gasteiger charge is 2.16. The van der Waals surface area contributed by atoms with Crippen molar-refractivity contribution >= 4 is 52.6 Å². The quantitative estimate of drug-likeness (QED) is 0.244. The molecule has 11 heteroatoms. The Balaban J connectivity index is 1.67. The number of thiocarbonyl (C=S) groups is 1. The van der Waals surface area contributed by atoms with Gasteiger partial charge in [0, 0.05) is 19.2 Å². The maximum Gasteiger partial charge on any atom is 0.295 e. The Hall–Kier alpha value is -3.76. The fraction of sp³-hybridized carbons (Fsp3) is 0.0952. The summed E-state index contributed by atoms with van der Waals surface area (Å²) in [7, 11) is 1.78. The fourth-order valence-corrected chi connectivity index (χ4v) is 3.22. The van der Waals surface area contributed by atoms with Crippen molar-refractivity contribution in [2.75, 3.05) is 5.32 Å². The van der Waals surface area contributed by atoms with Crippen LogP contribution in [-0.2, 0) is 7.05 Å². The van der Waals surface area contributed by atoms with Crippen LogP contribution in [0.4, 0.5) is 11.4 Å². The van der Waals surface area contributed by atoms with Crippen LogP contribution in [0.25, 0.3) is 11.8 Å². The predicted molar refractivity (Wildman–Crippen MR) is 131 cm³/mol. The van der Waals surface area contributed by atoms with E-state index < -0.39 is 4.92 Å². The van der Waals surface area contributed by atoms with E-state index in [1.165, 1.54) is 23.0 Å². The zero-order valence-corrected chi connectivity index (χ0v) is 18.7. The first-order valence-corrected chi connectivity index (χ1v) is 10.1. The Labute approximate surface area is 193 Å². The van der Waals surface area contributed by atoms with Gasteiger partial charge in [0.25, 0.3) is 11.2 Å². The molecular formula is C21H19ClN6O3S. The first-order chi connectivity index (χ1) is 15.3. The van der Waals surface area contributed by atoms with Gasteiger partial charge in [-0.15, -0.1) is 0 Å². The Morgan fingerprint density at radius 1 is 1.19 bits per heavy atom. The molecule has 0 aliphatic rings. The van der Waals surface area contributed by atoms with Gasteiger partial charge in [-0.25, -0.2) is 4.68 Å². The van der Waals surface area contributed by atoms with Crippen LogP contribution in [0.5, 0.6) is 0 Å². The van der Waals surface area contributed by atoms with Crippen LogP contribution in [0.3, 0.4) is 0 Å². The van der Waals surface area contributed by atoms with Crippen LogP contribution in [0.1, 0.15) is 11.3 Å². The van der Waals surface area contributed by atoms with Gasteiger partial charge in [-0.1, -0.05) is 29.8 Å². The molecule has 0 saturated carbocycles. The molecule has 0 aliphatic carbocycles. The predicted octanol–water partition coefficient (Wildman–Crippen LogP) is 3.94. The smallest absolute Gasteiger partial charge is 0.295 e. The van der Waals surface area contributed by atoms with Crippen molar-refractivity contribution in [2.45, 2.75) is 6.92 Å². The number of nitro benzene ring substituents is 1. The summed E-state index contributed by atoms with van der Waals surface area (Å²) in [5.74, 6) is 0. The van der Waals surface area contributed by atoms with E-state index >= 15 is 0 Å². The monoisotopic (exact) mass is 470 g/mol. The SMILES string of the molecule is Cc1c(NC(=S)NN=C/C(Cl)=C\c2ccc([N+](=O)[O-])cc2)c(=O)n(-c2ccccc2)n1C. The minimum Gasteiger partial charge on any atom is -0.325 e. The number of benzene rings is 2. The van der Waals surface area contributed by atoms with Gasteiger partial charge >= 0.3 is 0 Å². The van der Waals surface area contributed by atoms with Gasteiger partial charge in [-0.3, -0.25) is 25.0 Å². The molecule has 3 aromatic rings. The second-order valence-electron chi connectivity index (χ2n) is 6.64. The summed E-state index contributed by atoms with van der Waals surface area (Å²) in [4.78, 5) is 23.1. The second kappa shape index (κ2) is 10.0. The largest absolute Gasteiger partial charge is 0.325 e. The third-order valence-corrected chi connectivity index (χ3v) is 4.96. The molecule has 0 atom stereocenters. The van der Waals surface area contributed by atoms with E-state index in [2.05, 4.69) is 15.8 Å². The molecule has 0 radical (unpaired) electrons. The summed E-state index contributed by atoms with van der Waals surface area (Å²) in [5, 5.41) is 17.9. The van der Waals surface area contributed by atoms with E-state index in [9.17, 15) is 14.9 Å². The lowest BCUT2D eigenvalue weighted by molar-refractivity contribution is -0.384. The zero-order chi connectivity index (χ0) is 23.3. The summed E-state index contributed by atoms with van der Waals surface area (Å²) < 4.78 is 3.27. The van der Waals surface area contributed by atoms with Gasteiger partial charge in [0.1, 0.15) is 5.69 Å². The van der Waals surface area contributed by atoms with E-state index in [0.29, 0.717) is 16.9 Å². The molecule has 164 valence electrons. The maximum absolute atomic E-state index is 12.9. The molecule has 0 spiro atoms. The van der Waals surface area contributed by atoms with Crippen molar-refractivity contribution in [1.29, 1.82) is 0 Å². The van der Waals surface area contributed by atoms with Gasteiger partial charge in [0.2, 0.25) is 0 Å². The molecule has 9 nitrogen and oxygen atoms in total. The molecule has 0 unspecified atom stereocenters. The number of rotatable bonds is 6. The van der Waals surface area contributed by atoms with Crippen LogP contribution in [-0.4, -0.2) is 25.6 Å². The number of hydrazone groups is 1. The summed E-state index contributed by atoms with van der Waals surface area (Å²) in [6, 6.07) is 15.2. The van der Waals surface area contributed by atoms with Crippen molar-refractivity contribution in [2.24, 2.45) is 12.1 Å². The van der Waals surface area contributed by atoms with Crippen molar-refractivity contribution in [3.63, 3.8) is 0 Å². The summed E-state index contributed by atoms with van der Waals surface area (Å²) >= 11 is 11.3. The average Bonchev–Trinajstić information content (AvgIpc) is 2.98. The van der Waals surface area contributed by atoms with Gasteiger partial charge in [-0.05, 0) is 55.0 Å². The van der Waals surface area contributed by atoms with Crippen LogP contribution in [0.15, 0.2) is 69.5 Å². The molecule has 0 amide bonds. The lowest BCUT2D eigenvalue weighted by Crippen LogP contribution is -2.28. The third kappa shape index (κ3) is 5.29. The van der Waals surface area contributed by atoms with Crippen LogP contribution < -0.4 is 16.3 Å². The summed E-state index contributed by atoms with van der Waals surface area (Å²) in [6.45, 7) is 1.80. The van der Waals surface area contributed by atoms with Crippen LogP contribution >= 0.6 is 23.8 Å². The normalized spacial score (nSPS) is 11.5. The topological polar surface area (TPSA) is 106 Å². The van der Waals surface area contributed by atoms with Gasteiger partial charge in [0.15, 0.2) is 5.11 Å². The molecule has 1 aromatic heterocycles. The van der Waals surface area contributed by atoms with Crippen molar-refractivity contribution in [1.82, 2.24) is 14.8 Å². The highest BCUT2D eigenvalue weighted by Crippen LogP contribution is 2.15. The molecule has 0 bridgehead atoms. The van der Waals surface area contributed by atoms with E-state index in [0.717, 1.165) is 5.69 Å². The number of non-ortho nitro benzene ring substituents is 1. The van der Waals surface area contributed by atoms with E-state index in [-0.39, 0.29) is 21.4 Å². The zero-order valence-electron chi connectivity index (χ0n) is 17.2. The Morgan fingerprint density at radius 2 is 1.84 bits per heavy atom. The van der Waals surface area contributed by atoms with E-state index in [1.54, 1.807) is 36.9 Å². The second-order valence-corrected chi connectivity index (χ2v) is 7.48. The average molecular weight is 471 g/mol. The molecule has 3 rings (SSSR count). The molecule has 2 N–H and O–H groups in total. The highest BCUT2D eigenvalue weighted by molar-refractivity contribution is 7.80. The number of hydrogen-bond donors (Lipinski definition) is 2. The van der Waals surface area contributed by atoms with Crippen LogP contribution in [0.2, 0.25) is 0 Å². The Kier molecular flexibility index (Phi) is 7.18. The summed E-state index contributed by atoms with van der Waals surface area (Å²) in [6.07, 6.45) is 2.92. The molecule has 2 aromatic carbocycles. The maximum atomic E-state index is 12.9. The standard InChI is InChI=1S/C21H19ClN6O3S/c1-14-19(20(29)27(26(14)2)17-6-4-3-5-7-17)24-21(32)25-23-13-16(22)12-15-8-10-18(11-9-15)28(30)31/h3-13H,1-2H3,(H2,24,25,32)/b16-12+,23-13?. The number of allylic oxidation sites excluding steroid dienone is 1. The number of para-hydroxylation sites is 1. The number of nitrogens with zero attached hydrogens (tertiary/aromatic N) is 4. The number of nitro groups is 1. The lowest BCUT2D eigenvalue weighted by atomic mass is 10.2. The third-order valence-electron chi connectivity index (χ3n) is 4.56. The van der Waals surface area contributed by atoms with Gasteiger partial charge in [-0.2, -0.15) is 5.10 Å². The van der Waals surface area contributed by atoms with Gasteiger partial charge in [0.05, 0.1) is 27.6 Å². The molecule has 1 heterocycles. The molecular weight excluding hydrogens is 452 g/mol. The van der Waals surface area contributed by atoms with Crippen LogP contribution in [0, 0.1) is 17.0 Å². The molecule has 0 saturated heterocycles. The number of nitrogens with one attached hydrogen (secondary N) is 2. The fourth-order valence-electron chi connectivity index (χ4n) is 2.90. The van der Waals surface area contributed by atoms with Crippen molar-refractivity contribution in [3.05, 3.63) is 91.4 Å². The first kappa shape index (κ1) is 22.9. The van der Waals surface area contributed by atoms with Crippen molar-refractivity contribution in [3.8, 4) is 5.69 Å². The number of anilines is 1. The molecule has 0 aliphatic heterocycles. The lowest BCUT2D eigenvalue weighted by Gasteiger charge is -2.07. The minimum atomic E-state index is -0.475. The first-order valence-electron chi connectivity index (χ1n) is 9.33. The van der Waals surface area contributed by atoms with E-state index in [4.69, 9.17) is 23.8 Å². The van der Waals surface area contributed by atoms with Crippen molar-refractivity contribution < 1.29 is 4.92 Å². The number of hydrogen-bond acceptors (Lipinski definition) is 5.